The van der Waals surface area contributed by atoms with Crippen molar-refractivity contribution < 1.29 is 0 Å². The minimum atomic E-state index is 0.882. The lowest BCUT2D eigenvalue weighted by atomic mass is 10.0. The van der Waals surface area contributed by atoms with Crippen LogP contribution < -0.4 is 5.32 Å². The van der Waals surface area contributed by atoms with Gasteiger partial charge < -0.3 is 5.32 Å². The second-order valence-electron chi connectivity index (χ2n) is 4.38. The van der Waals surface area contributed by atoms with Gasteiger partial charge >= 0.3 is 0 Å². The highest BCUT2D eigenvalue weighted by Gasteiger charge is 2.04. The maximum Gasteiger partial charge on any atom is 0.0116 e. The number of rotatable bonds is 8. The van der Waals surface area contributed by atoms with E-state index in [4.69, 9.17) is 0 Å². The molecule has 1 N–H and O–H groups in total. The summed E-state index contributed by atoms with van der Waals surface area (Å²) < 4.78 is 0. The predicted octanol–water partition coefficient (Wildman–Crippen LogP) is 5.51. The first-order valence-corrected chi connectivity index (χ1v) is 7.25. The molecule has 0 amide bonds. The number of thioether (sulfide) groups is 1. The second kappa shape index (κ2) is 9.27. The number of hydrogen-bond donors (Lipinski definition) is 1. The van der Waals surface area contributed by atoms with E-state index in [0.29, 0.717) is 0 Å². The molecule has 108 valence electrons. The second-order valence-corrected chi connectivity index (χ2v) is 5.77. The molecule has 0 bridgehead atoms. The number of hydrogen-bond acceptors (Lipinski definition) is 2. The zero-order valence-corrected chi connectivity index (χ0v) is 13.9. The molecule has 0 aliphatic carbocycles. The molecule has 0 aromatic rings. The van der Waals surface area contributed by atoms with Crippen LogP contribution in [0.1, 0.15) is 20.8 Å². The van der Waals surface area contributed by atoms with E-state index in [0.717, 1.165) is 32.2 Å². The van der Waals surface area contributed by atoms with Gasteiger partial charge in [-0.05, 0) is 54.5 Å². The van der Waals surface area contributed by atoms with Crippen LogP contribution in [0.4, 0.5) is 0 Å². The van der Waals surface area contributed by atoms with E-state index in [9.17, 15) is 0 Å². The topological polar surface area (TPSA) is 12.0 Å². The van der Waals surface area contributed by atoms with Gasteiger partial charge in [0.05, 0.1) is 0 Å². The van der Waals surface area contributed by atoms with Gasteiger partial charge in [0.1, 0.15) is 0 Å². The summed E-state index contributed by atoms with van der Waals surface area (Å²) in [5, 5.41) is 3.11. The van der Waals surface area contributed by atoms with Gasteiger partial charge in [-0.2, -0.15) is 0 Å². The Kier molecular flexibility index (Phi) is 8.49. The summed E-state index contributed by atoms with van der Waals surface area (Å²) in [5.41, 5.74) is 4.03. The molecule has 0 radical (unpaired) electrons. The van der Waals surface area contributed by atoms with E-state index < -0.39 is 0 Å². The Hall–Kier alpha value is -1.67. The van der Waals surface area contributed by atoms with Gasteiger partial charge in [-0.3, -0.25) is 0 Å². The quantitative estimate of drug-likeness (QED) is 0.591. The van der Waals surface area contributed by atoms with Crippen LogP contribution in [-0.4, -0.2) is 7.05 Å². The van der Waals surface area contributed by atoms with Gasteiger partial charge in [0.2, 0.25) is 0 Å². The van der Waals surface area contributed by atoms with Crippen LogP contribution in [0.5, 0.6) is 0 Å². The summed E-state index contributed by atoms with van der Waals surface area (Å²) in [6.07, 6.45) is 7.92. The van der Waals surface area contributed by atoms with Crippen molar-refractivity contribution in [3.8, 4) is 0 Å². The lowest BCUT2D eigenvalue weighted by Gasteiger charge is -2.10. The molecule has 0 aliphatic heterocycles. The normalized spacial score (nSPS) is 12.9. The number of allylic oxidation sites excluding steroid dienone is 9. The highest BCUT2D eigenvalue weighted by atomic mass is 32.2. The first kappa shape index (κ1) is 18.3. The molecule has 0 saturated carbocycles. The fourth-order valence-electron chi connectivity index (χ4n) is 1.41. The largest absolute Gasteiger partial charge is 0.392 e. The van der Waals surface area contributed by atoms with Crippen molar-refractivity contribution in [3.05, 3.63) is 82.8 Å². The van der Waals surface area contributed by atoms with E-state index in [2.05, 4.69) is 37.7 Å². The molecule has 0 rings (SSSR count). The van der Waals surface area contributed by atoms with Crippen LogP contribution in [0.3, 0.4) is 0 Å². The number of nitrogens with one attached hydrogen (secondary N) is 1. The minimum Gasteiger partial charge on any atom is -0.392 e. The zero-order chi connectivity index (χ0) is 15.7. The third-order valence-electron chi connectivity index (χ3n) is 2.62. The zero-order valence-electron chi connectivity index (χ0n) is 13.0. The molecular formula is C18H25NS. The third kappa shape index (κ3) is 6.48. The summed E-state index contributed by atoms with van der Waals surface area (Å²) in [6.45, 7) is 21.8. The molecule has 0 aromatic carbocycles. The smallest absolute Gasteiger partial charge is 0.0116 e. The minimum absolute atomic E-state index is 0.882. The Morgan fingerprint density at radius 2 is 1.65 bits per heavy atom. The van der Waals surface area contributed by atoms with Crippen LogP contribution in [0, 0.1) is 0 Å². The van der Waals surface area contributed by atoms with Crippen LogP contribution >= 0.6 is 11.8 Å². The van der Waals surface area contributed by atoms with Crippen molar-refractivity contribution >= 4 is 11.8 Å². The molecular weight excluding hydrogens is 262 g/mol. The Bertz CT molecular complexity index is 502. The maximum atomic E-state index is 4.10. The van der Waals surface area contributed by atoms with E-state index in [1.165, 1.54) is 0 Å². The van der Waals surface area contributed by atoms with Gasteiger partial charge in [0, 0.05) is 17.6 Å². The highest BCUT2D eigenvalue weighted by Crippen LogP contribution is 2.30. The Balaban J connectivity index is 5.54. The average molecular weight is 287 g/mol. The highest BCUT2D eigenvalue weighted by molar-refractivity contribution is 8.06. The molecule has 1 nitrogen and oxygen atoms in total. The third-order valence-corrected chi connectivity index (χ3v) is 3.46. The van der Waals surface area contributed by atoms with Crippen LogP contribution in [0.15, 0.2) is 82.8 Å². The summed E-state index contributed by atoms with van der Waals surface area (Å²) in [4.78, 5) is 2.00. The Labute approximate surface area is 128 Å². The predicted molar refractivity (Wildman–Crippen MR) is 95.5 cm³/mol. The molecule has 0 atom stereocenters. The van der Waals surface area contributed by atoms with E-state index in [1.54, 1.807) is 17.8 Å². The van der Waals surface area contributed by atoms with Crippen molar-refractivity contribution in [2.75, 3.05) is 7.05 Å². The average Bonchev–Trinajstić information content (AvgIpc) is 2.40. The van der Waals surface area contributed by atoms with Crippen LogP contribution in [-0.2, 0) is 0 Å². The van der Waals surface area contributed by atoms with Gasteiger partial charge in [0.15, 0.2) is 0 Å². The Morgan fingerprint density at radius 1 is 1.05 bits per heavy atom. The lowest BCUT2D eigenvalue weighted by molar-refractivity contribution is 0.987. The fraction of sp³-hybridized carbons (Fsp3) is 0.222. The van der Waals surface area contributed by atoms with Gasteiger partial charge in [-0.25, -0.2) is 0 Å². The fourth-order valence-corrected chi connectivity index (χ4v) is 2.13. The van der Waals surface area contributed by atoms with Gasteiger partial charge in [-0.15, -0.1) is 0 Å². The monoisotopic (exact) mass is 287 g/mol. The van der Waals surface area contributed by atoms with Crippen molar-refractivity contribution in [2.24, 2.45) is 0 Å². The lowest BCUT2D eigenvalue weighted by Crippen LogP contribution is -2.02. The van der Waals surface area contributed by atoms with E-state index >= 15 is 0 Å². The molecule has 0 spiro atoms. The molecule has 0 fully saturated rings. The molecule has 0 aliphatic rings. The molecule has 0 heterocycles. The summed E-state index contributed by atoms with van der Waals surface area (Å²) in [5.74, 6) is 0. The standard InChI is InChI=1S/C18H25NS/c1-9-14(5)18(11-15(6)19-8)12-17(10-2)16(7)20-13(3)4/h9-12,19H,1,3,5,7H2,2,4,6,8H3/b15-11+,17-10+,18-12-. The maximum absolute atomic E-state index is 4.10. The van der Waals surface area contributed by atoms with E-state index in [1.807, 2.05) is 40.0 Å². The summed E-state index contributed by atoms with van der Waals surface area (Å²) >= 11 is 1.58. The van der Waals surface area contributed by atoms with E-state index in [-0.39, 0.29) is 0 Å². The summed E-state index contributed by atoms with van der Waals surface area (Å²) in [7, 11) is 1.90. The SMILES string of the molecule is C=CC(=C)C(=C\C(=C/C)C(=C)SC(=C)C)/C=C(\C)NC. The molecule has 2 heteroatoms. The molecule has 0 unspecified atom stereocenters. The Morgan fingerprint density at radius 3 is 2.05 bits per heavy atom. The van der Waals surface area contributed by atoms with Crippen molar-refractivity contribution in [1.82, 2.24) is 5.32 Å². The van der Waals surface area contributed by atoms with Gasteiger partial charge in [-0.1, -0.05) is 50.2 Å². The first-order valence-electron chi connectivity index (χ1n) is 6.44. The van der Waals surface area contributed by atoms with Crippen molar-refractivity contribution in [1.29, 1.82) is 0 Å². The van der Waals surface area contributed by atoms with Crippen LogP contribution in [0.2, 0.25) is 0 Å². The van der Waals surface area contributed by atoms with Crippen molar-refractivity contribution in [3.63, 3.8) is 0 Å². The molecule has 0 aromatic heterocycles. The first-order chi connectivity index (χ1) is 9.35. The van der Waals surface area contributed by atoms with Gasteiger partial charge in [0.25, 0.3) is 0 Å². The molecule has 0 saturated heterocycles. The van der Waals surface area contributed by atoms with Crippen molar-refractivity contribution in [2.45, 2.75) is 20.8 Å². The van der Waals surface area contributed by atoms with Crippen LogP contribution in [0.25, 0.3) is 0 Å². The molecule has 20 heavy (non-hydrogen) atoms. The summed E-state index contributed by atoms with van der Waals surface area (Å²) in [6, 6.07) is 0.